The molecule has 0 radical (unpaired) electrons. The lowest BCUT2D eigenvalue weighted by molar-refractivity contribution is 0.533. The molecule has 270 valence electrons. The Morgan fingerprint density at radius 1 is 0.320 bits per heavy atom. The number of anilines is 2. The highest BCUT2D eigenvalue weighted by Gasteiger charge is 2.06. The lowest BCUT2D eigenvalue weighted by atomic mass is 9.95. The van der Waals surface area contributed by atoms with E-state index in [1.165, 1.54) is 147 Å². The Balaban J connectivity index is 0.937. The number of nitrogens with two attached hydrogens (primary N) is 2. The van der Waals surface area contributed by atoms with Crippen LogP contribution in [0.1, 0.15) is 161 Å². The Bertz CT molecular complexity index is 1370. The molecule has 0 aliphatic heterocycles. The summed E-state index contributed by atoms with van der Waals surface area (Å²) >= 11 is 0. The minimum Gasteiger partial charge on any atom is -0.399 e. The third-order valence-electron chi connectivity index (χ3n) is 10.5. The van der Waals surface area contributed by atoms with Crippen LogP contribution in [-0.2, 0) is 38.5 Å². The summed E-state index contributed by atoms with van der Waals surface area (Å²) in [6.07, 6.45) is 28.4. The van der Waals surface area contributed by atoms with E-state index in [-0.39, 0.29) is 0 Å². The fraction of sp³-hybridized carbons (Fsp3) is 0.500. The summed E-state index contributed by atoms with van der Waals surface area (Å²) in [6.45, 7) is 4.47. The van der Waals surface area contributed by atoms with Crippen molar-refractivity contribution in [1.82, 2.24) is 0 Å². The maximum absolute atomic E-state index is 6.03. The van der Waals surface area contributed by atoms with Gasteiger partial charge in [0.25, 0.3) is 0 Å². The van der Waals surface area contributed by atoms with Crippen LogP contribution in [0.2, 0.25) is 0 Å². The average molecular weight is 673 g/mol. The van der Waals surface area contributed by atoms with Gasteiger partial charge in [-0.25, -0.2) is 0 Å². The summed E-state index contributed by atoms with van der Waals surface area (Å²) in [7, 11) is 0. The third-order valence-corrected chi connectivity index (χ3v) is 10.5. The minimum atomic E-state index is 0.877. The van der Waals surface area contributed by atoms with E-state index in [1.807, 2.05) is 12.1 Å². The van der Waals surface area contributed by atoms with E-state index in [9.17, 15) is 0 Å². The van der Waals surface area contributed by atoms with Crippen molar-refractivity contribution in [2.75, 3.05) is 11.5 Å². The first-order chi connectivity index (χ1) is 24.5. The molecule has 0 aliphatic rings. The molecule has 4 N–H and O–H groups in total. The smallest absolute Gasteiger partial charge is 0.0316 e. The van der Waals surface area contributed by atoms with Gasteiger partial charge in [-0.3, -0.25) is 0 Å². The second-order valence-corrected chi connectivity index (χ2v) is 15.0. The summed E-state index contributed by atoms with van der Waals surface area (Å²) in [5.74, 6) is 0. The minimum absolute atomic E-state index is 0.877. The largest absolute Gasteiger partial charge is 0.399 e. The van der Waals surface area contributed by atoms with Crippen molar-refractivity contribution in [1.29, 1.82) is 0 Å². The van der Waals surface area contributed by atoms with Crippen LogP contribution in [0, 0.1) is 0 Å². The van der Waals surface area contributed by atoms with Crippen LogP contribution < -0.4 is 11.5 Å². The molecule has 0 saturated heterocycles. The van der Waals surface area contributed by atoms with E-state index in [0.29, 0.717) is 0 Å². The molecule has 4 rings (SSSR count). The Morgan fingerprint density at radius 2 is 0.620 bits per heavy atom. The molecule has 0 heterocycles. The number of nitrogen functional groups attached to an aromatic ring is 2. The fourth-order valence-corrected chi connectivity index (χ4v) is 7.51. The lowest BCUT2D eigenvalue weighted by Crippen LogP contribution is -1.98. The van der Waals surface area contributed by atoms with Gasteiger partial charge in [0.05, 0.1) is 0 Å². The van der Waals surface area contributed by atoms with Gasteiger partial charge >= 0.3 is 0 Å². The first kappa shape index (κ1) is 39.3. The first-order valence-electron chi connectivity index (χ1n) is 20.4. The Kier molecular flexibility index (Phi) is 18.1. The van der Waals surface area contributed by atoms with Gasteiger partial charge in [0, 0.05) is 11.4 Å². The molecule has 0 aliphatic carbocycles. The molecule has 0 fully saturated rings. The molecule has 0 bridgehead atoms. The molecule has 0 aromatic heterocycles. The van der Waals surface area contributed by atoms with Gasteiger partial charge in [-0.1, -0.05) is 164 Å². The monoisotopic (exact) mass is 673 g/mol. The number of rotatable bonds is 25. The predicted molar refractivity (Wildman–Crippen MR) is 220 cm³/mol. The summed E-state index contributed by atoms with van der Waals surface area (Å²) in [5.41, 5.74) is 25.2. The Labute approximate surface area is 306 Å². The number of unbranched alkanes of at least 4 members (excludes halogenated alkanes) is 13. The van der Waals surface area contributed by atoms with Crippen LogP contribution >= 0.6 is 0 Å². The van der Waals surface area contributed by atoms with E-state index in [4.69, 9.17) is 11.5 Å². The first-order valence-corrected chi connectivity index (χ1v) is 20.4. The van der Waals surface area contributed by atoms with Crippen molar-refractivity contribution < 1.29 is 0 Å². The maximum Gasteiger partial charge on any atom is 0.0316 e. The van der Waals surface area contributed by atoms with Crippen molar-refractivity contribution in [3.05, 3.63) is 129 Å². The quantitative estimate of drug-likeness (QED) is 0.0544. The molecule has 0 amide bonds. The molecule has 0 spiro atoms. The van der Waals surface area contributed by atoms with E-state index in [0.717, 1.165) is 49.9 Å². The molecule has 2 heteroatoms. The second-order valence-electron chi connectivity index (χ2n) is 15.0. The third kappa shape index (κ3) is 14.8. The number of aryl methyl sites for hydroxylation is 4. The van der Waals surface area contributed by atoms with Gasteiger partial charge in [-0.2, -0.15) is 0 Å². The molecule has 2 nitrogen and oxygen atoms in total. The van der Waals surface area contributed by atoms with E-state index < -0.39 is 0 Å². The van der Waals surface area contributed by atoms with Gasteiger partial charge in [0.2, 0.25) is 0 Å². The number of hydrogen-bond acceptors (Lipinski definition) is 2. The summed E-state index contributed by atoms with van der Waals surface area (Å²) < 4.78 is 0. The van der Waals surface area contributed by atoms with E-state index in [2.05, 4.69) is 86.6 Å². The highest BCUT2D eigenvalue weighted by atomic mass is 14.5. The summed E-state index contributed by atoms with van der Waals surface area (Å²) in [6, 6.07) is 31.5. The maximum atomic E-state index is 6.03. The number of benzene rings is 4. The Hall–Kier alpha value is -3.52. The zero-order chi connectivity index (χ0) is 35.2. The predicted octanol–water partition coefficient (Wildman–Crippen LogP) is 13.2. The van der Waals surface area contributed by atoms with Gasteiger partial charge in [-0.05, 0) is 120 Å². The normalized spacial score (nSPS) is 11.3. The van der Waals surface area contributed by atoms with E-state index >= 15 is 0 Å². The second kappa shape index (κ2) is 23.0. The van der Waals surface area contributed by atoms with Crippen LogP contribution in [0.5, 0.6) is 0 Å². The molecule has 4 aromatic carbocycles. The Morgan fingerprint density at radius 3 is 0.940 bits per heavy atom. The SMILES string of the molecule is CCCc1cc(N)ccc1Cc1ccc(CCCCCCCCCCCCCCCCc2ccc(Cc3ccc(N)cc3CCC)cc2)cc1. The summed E-state index contributed by atoms with van der Waals surface area (Å²) in [4.78, 5) is 0. The molecule has 0 atom stereocenters. The van der Waals surface area contributed by atoms with Gasteiger partial charge < -0.3 is 11.5 Å². The molecule has 0 unspecified atom stereocenters. The molecular formula is C48H68N2. The molecule has 0 saturated carbocycles. The summed E-state index contributed by atoms with van der Waals surface area (Å²) in [5, 5.41) is 0. The van der Waals surface area contributed by atoms with Gasteiger partial charge in [-0.15, -0.1) is 0 Å². The van der Waals surface area contributed by atoms with Crippen LogP contribution in [0.25, 0.3) is 0 Å². The fourth-order valence-electron chi connectivity index (χ4n) is 7.51. The number of hydrogen-bond donors (Lipinski definition) is 2. The zero-order valence-corrected chi connectivity index (χ0v) is 31.8. The van der Waals surface area contributed by atoms with Gasteiger partial charge in [0.15, 0.2) is 0 Å². The van der Waals surface area contributed by atoms with Crippen molar-refractivity contribution in [3.63, 3.8) is 0 Å². The van der Waals surface area contributed by atoms with Gasteiger partial charge in [0.1, 0.15) is 0 Å². The lowest BCUT2D eigenvalue weighted by Gasteiger charge is -2.11. The van der Waals surface area contributed by atoms with E-state index in [1.54, 1.807) is 0 Å². The van der Waals surface area contributed by atoms with Crippen molar-refractivity contribution in [2.45, 2.75) is 155 Å². The highest BCUT2D eigenvalue weighted by Crippen LogP contribution is 2.22. The highest BCUT2D eigenvalue weighted by molar-refractivity contribution is 5.47. The standard InChI is InChI=1S/C48H68N2/c1-3-19-43-37-47(49)33-31-45(43)35-41-27-23-39(24-28-41)21-17-15-13-11-9-7-5-6-8-10-12-14-16-18-22-40-25-29-42(30-26-40)36-46-32-34-48(50)38-44(46)20-4-2/h23-34,37-38H,3-22,35-36,49-50H2,1-2H3. The van der Waals surface area contributed by atoms with Crippen LogP contribution in [-0.4, -0.2) is 0 Å². The van der Waals surface area contributed by atoms with Crippen LogP contribution in [0.3, 0.4) is 0 Å². The average Bonchev–Trinajstić information content (AvgIpc) is 3.12. The van der Waals surface area contributed by atoms with Crippen molar-refractivity contribution in [2.24, 2.45) is 0 Å². The molecular weight excluding hydrogens is 605 g/mol. The zero-order valence-electron chi connectivity index (χ0n) is 31.8. The van der Waals surface area contributed by atoms with Crippen LogP contribution in [0.4, 0.5) is 11.4 Å². The molecule has 50 heavy (non-hydrogen) atoms. The van der Waals surface area contributed by atoms with Crippen LogP contribution in [0.15, 0.2) is 84.9 Å². The van der Waals surface area contributed by atoms with Crippen molar-refractivity contribution in [3.8, 4) is 0 Å². The topological polar surface area (TPSA) is 52.0 Å². The van der Waals surface area contributed by atoms with Crippen molar-refractivity contribution >= 4 is 11.4 Å². The molecule has 4 aromatic rings.